The van der Waals surface area contributed by atoms with Crippen LogP contribution in [0.25, 0.3) is 0 Å². The zero-order chi connectivity index (χ0) is 9.14. The van der Waals surface area contributed by atoms with Crippen LogP contribution >= 0.6 is 23.2 Å². The summed E-state index contributed by atoms with van der Waals surface area (Å²) in [4.78, 5) is 11.8. The number of carbonyl (C=O) groups is 1. The second-order valence-electron chi connectivity index (χ2n) is 2.34. The monoisotopic (exact) mass is 203 g/mol. The maximum absolute atomic E-state index is 10.4. The Morgan fingerprint density at radius 1 is 1.25 bits per heavy atom. The Kier molecular flexibility index (Phi) is 2.95. The Morgan fingerprint density at radius 2 is 1.75 bits per heavy atom. The summed E-state index contributed by atoms with van der Waals surface area (Å²) < 4.78 is 0. The van der Waals surface area contributed by atoms with E-state index in [9.17, 15) is 4.79 Å². The highest BCUT2D eigenvalue weighted by Crippen LogP contribution is 2.23. The van der Waals surface area contributed by atoms with Gasteiger partial charge in [0.2, 0.25) is 6.41 Å². The van der Waals surface area contributed by atoms with E-state index in [1.54, 1.807) is 25.2 Å². The molecule has 12 heavy (non-hydrogen) atoms. The number of hydrogen-bond donors (Lipinski definition) is 0. The third-order valence-corrected chi connectivity index (χ3v) is 1.85. The standard InChI is InChI=1S/C8H7Cl2NO/c1-11(5-12)8-3-6(9)2-7(10)4-8/h2-5H,1H3. The van der Waals surface area contributed by atoms with E-state index in [-0.39, 0.29) is 0 Å². The predicted octanol–water partition coefficient (Wildman–Crippen LogP) is 2.59. The van der Waals surface area contributed by atoms with E-state index in [1.807, 2.05) is 0 Å². The second kappa shape index (κ2) is 3.78. The second-order valence-corrected chi connectivity index (χ2v) is 3.22. The first kappa shape index (κ1) is 9.36. The highest BCUT2D eigenvalue weighted by molar-refractivity contribution is 6.35. The van der Waals surface area contributed by atoms with Crippen molar-refractivity contribution in [3.8, 4) is 0 Å². The average Bonchev–Trinajstić information content (AvgIpc) is 2.01. The Labute approximate surface area is 80.7 Å². The molecule has 2 nitrogen and oxygen atoms in total. The molecule has 1 amide bonds. The van der Waals surface area contributed by atoms with Crippen LogP contribution in [0.15, 0.2) is 18.2 Å². The van der Waals surface area contributed by atoms with E-state index in [2.05, 4.69) is 0 Å². The predicted molar refractivity (Wildman–Crippen MR) is 50.9 cm³/mol. The lowest BCUT2D eigenvalue weighted by atomic mass is 10.3. The Balaban J connectivity index is 3.08. The fourth-order valence-corrected chi connectivity index (χ4v) is 1.32. The molecule has 0 saturated heterocycles. The highest BCUT2D eigenvalue weighted by atomic mass is 35.5. The summed E-state index contributed by atoms with van der Waals surface area (Å²) >= 11 is 11.4. The Morgan fingerprint density at radius 3 is 2.17 bits per heavy atom. The van der Waals surface area contributed by atoms with Crippen molar-refractivity contribution in [2.75, 3.05) is 11.9 Å². The number of carbonyl (C=O) groups excluding carboxylic acids is 1. The SMILES string of the molecule is CN(C=O)c1cc(Cl)cc(Cl)c1. The molecule has 64 valence electrons. The van der Waals surface area contributed by atoms with Gasteiger partial charge in [0, 0.05) is 22.8 Å². The van der Waals surface area contributed by atoms with Gasteiger partial charge in [-0.05, 0) is 18.2 Å². The average molecular weight is 204 g/mol. The lowest BCUT2D eigenvalue weighted by Crippen LogP contribution is -2.13. The lowest BCUT2D eigenvalue weighted by Gasteiger charge is -2.10. The van der Waals surface area contributed by atoms with Crippen LogP contribution < -0.4 is 4.90 Å². The van der Waals surface area contributed by atoms with E-state index < -0.39 is 0 Å². The summed E-state index contributed by atoms with van der Waals surface area (Å²) in [6.07, 6.45) is 0.696. The number of anilines is 1. The van der Waals surface area contributed by atoms with E-state index in [4.69, 9.17) is 23.2 Å². The lowest BCUT2D eigenvalue weighted by molar-refractivity contribution is -0.107. The van der Waals surface area contributed by atoms with Gasteiger partial charge in [-0.15, -0.1) is 0 Å². The number of benzene rings is 1. The molecule has 1 rings (SSSR count). The smallest absolute Gasteiger partial charge is 0.213 e. The van der Waals surface area contributed by atoms with Crippen molar-refractivity contribution < 1.29 is 4.79 Å². The quantitative estimate of drug-likeness (QED) is 0.678. The zero-order valence-electron chi connectivity index (χ0n) is 6.42. The molecule has 0 spiro atoms. The van der Waals surface area contributed by atoms with Crippen LogP contribution in [0.4, 0.5) is 5.69 Å². The van der Waals surface area contributed by atoms with Crippen molar-refractivity contribution in [1.82, 2.24) is 0 Å². The molecule has 0 radical (unpaired) electrons. The van der Waals surface area contributed by atoms with Gasteiger partial charge in [-0.3, -0.25) is 4.79 Å². The van der Waals surface area contributed by atoms with Crippen LogP contribution in [-0.2, 0) is 4.79 Å². The minimum atomic E-state index is 0.520. The zero-order valence-corrected chi connectivity index (χ0v) is 7.93. The van der Waals surface area contributed by atoms with Gasteiger partial charge < -0.3 is 4.90 Å². The van der Waals surface area contributed by atoms with Gasteiger partial charge in [0.1, 0.15) is 0 Å². The van der Waals surface area contributed by atoms with Gasteiger partial charge in [-0.2, -0.15) is 0 Å². The molecular formula is C8H7Cl2NO. The van der Waals surface area contributed by atoms with Crippen LogP contribution in [0.5, 0.6) is 0 Å². The number of hydrogen-bond acceptors (Lipinski definition) is 1. The molecule has 0 aliphatic heterocycles. The molecule has 0 aliphatic carbocycles. The molecule has 0 saturated carbocycles. The molecule has 0 heterocycles. The van der Waals surface area contributed by atoms with Gasteiger partial charge in [-0.1, -0.05) is 23.2 Å². The summed E-state index contributed by atoms with van der Waals surface area (Å²) in [6.45, 7) is 0. The summed E-state index contributed by atoms with van der Waals surface area (Å²) in [7, 11) is 1.63. The summed E-state index contributed by atoms with van der Waals surface area (Å²) in [5.41, 5.74) is 0.683. The van der Waals surface area contributed by atoms with Crippen LogP contribution in [0, 0.1) is 0 Å². The number of rotatable bonds is 2. The molecule has 0 fully saturated rings. The number of halogens is 2. The van der Waals surface area contributed by atoms with Crippen LogP contribution in [0.3, 0.4) is 0 Å². The fourth-order valence-electron chi connectivity index (χ4n) is 0.804. The molecule has 1 aromatic rings. The minimum Gasteiger partial charge on any atom is -0.318 e. The summed E-state index contributed by atoms with van der Waals surface area (Å²) in [5, 5.41) is 1.04. The van der Waals surface area contributed by atoms with Crippen molar-refractivity contribution >= 4 is 35.3 Å². The van der Waals surface area contributed by atoms with Gasteiger partial charge in [0.25, 0.3) is 0 Å². The van der Waals surface area contributed by atoms with Gasteiger partial charge in [0.15, 0.2) is 0 Å². The maximum atomic E-state index is 10.4. The fraction of sp³-hybridized carbons (Fsp3) is 0.125. The van der Waals surface area contributed by atoms with Crippen molar-refractivity contribution in [2.45, 2.75) is 0 Å². The molecule has 0 atom stereocenters. The van der Waals surface area contributed by atoms with Gasteiger partial charge in [-0.25, -0.2) is 0 Å². The van der Waals surface area contributed by atoms with Crippen molar-refractivity contribution in [2.24, 2.45) is 0 Å². The van der Waals surface area contributed by atoms with Gasteiger partial charge >= 0.3 is 0 Å². The minimum absolute atomic E-state index is 0.520. The largest absolute Gasteiger partial charge is 0.318 e. The summed E-state index contributed by atoms with van der Waals surface area (Å²) in [6, 6.07) is 4.95. The maximum Gasteiger partial charge on any atom is 0.213 e. The first-order chi connectivity index (χ1) is 5.63. The first-order valence-electron chi connectivity index (χ1n) is 3.27. The first-order valence-corrected chi connectivity index (χ1v) is 4.03. The molecular weight excluding hydrogens is 197 g/mol. The molecule has 0 N–H and O–H groups in total. The van der Waals surface area contributed by atoms with Crippen molar-refractivity contribution in [3.05, 3.63) is 28.2 Å². The van der Waals surface area contributed by atoms with E-state index in [1.165, 1.54) is 4.90 Å². The summed E-state index contributed by atoms with van der Waals surface area (Å²) in [5.74, 6) is 0. The third-order valence-electron chi connectivity index (χ3n) is 1.41. The van der Waals surface area contributed by atoms with Crippen LogP contribution in [0.1, 0.15) is 0 Å². The molecule has 4 heteroatoms. The third kappa shape index (κ3) is 2.13. The van der Waals surface area contributed by atoms with E-state index >= 15 is 0 Å². The van der Waals surface area contributed by atoms with Crippen molar-refractivity contribution in [1.29, 1.82) is 0 Å². The molecule has 0 unspecified atom stereocenters. The normalized spacial score (nSPS) is 9.58. The van der Waals surface area contributed by atoms with Crippen LogP contribution in [0.2, 0.25) is 10.0 Å². The molecule has 1 aromatic carbocycles. The molecule has 0 bridgehead atoms. The number of amides is 1. The van der Waals surface area contributed by atoms with Gasteiger partial charge in [0.05, 0.1) is 0 Å². The van der Waals surface area contributed by atoms with E-state index in [0.29, 0.717) is 22.1 Å². The Bertz CT molecular complexity index is 281. The molecule has 0 aromatic heterocycles. The Hall–Kier alpha value is -0.730. The van der Waals surface area contributed by atoms with Crippen molar-refractivity contribution in [3.63, 3.8) is 0 Å². The van der Waals surface area contributed by atoms with E-state index in [0.717, 1.165) is 0 Å². The highest BCUT2D eigenvalue weighted by Gasteiger charge is 2.01. The molecule has 0 aliphatic rings. The number of nitrogens with zero attached hydrogens (tertiary/aromatic N) is 1. The topological polar surface area (TPSA) is 20.3 Å². The van der Waals surface area contributed by atoms with Crippen LogP contribution in [-0.4, -0.2) is 13.5 Å².